The molecule has 0 radical (unpaired) electrons. The van der Waals surface area contributed by atoms with Gasteiger partial charge in [-0.3, -0.25) is 0 Å². The normalized spacial score (nSPS) is 14.1. The molecular weight excluding hydrogens is 294 g/mol. The van der Waals surface area contributed by atoms with Gasteiger partial charge in [0.2, 0.25) is 0 Å². The zero-order chi connectivity index (χ0) is 17.3. The first-order chi connectivity index (χ1) is 10.7. The molecule has 0 saturated heterocycles. The van der Waals surface area contributed by atoms with Crippen molar-refractivity contribution in [3.05, 3.63) is 53.3 Å². The Hall–Kier alpha value is -2.43. The highest BCUT2D eigenvalue weighted by Crippen LogP contribution is 2.46. The smallest absolute Gasteiger partial charge is 0.405 e. The van der Waals surface area contributed by atoms with Crippen molar-refractivity contribution in [1.82, 2.24) is 5.32 Å². The molecule has 2 aromatic rings. The molecule has 1 amide bonds. The maximum atomic E-state index is 11.6. The summed E-state index contributed by atoms with van der Waals surface area (Å²) in [6.07, 6.45) is -1.11. The van der Waals surface area contributed by atoms with Crippen molar-refractivity contribution in [3.8, 4) is 5.95 Å². The number of ether oxygens (including phenoxy) is 1. The van der Waals surface area contributed by atoms with Gasteiger partial charge < -0.3 is 19.6 Å². The number of aryl methyl sites for hydroxylation is 1. The molecule has 2 N–H and O–H groups in total. The summed E-state index contributed by atoms with van der Waals surface area (Å²) in [6, 6.07) is 11.2. The minimum absolute atomic E-state index is 0.341. The van der Waals surface area contributed by atoms with Crippen molar-refractivity contribution in [2.45, 2.75) is 33.2 Å². The fourth-order valence-corrected chi connectivity index (χ4v) is 2.94. The second-order valence-corrected chi connectivity index (χ2v) is 6.62. The molecule has 1 aromatic heterocycles. The van der Waals surface area contributed by atoms with Gasteiger partial charge in [-0.05, 0) is 24.0 Å². The number of nitrogens with one attached hydrogen (secondary N) is 1. The molecule has 0 aliphatic carbocycles. The molecule has 1 heterocycles. The van der Waals surface area contributed by atoms with Crippen molar-refractivity contribution in [2.24, 2.45) is 5.41 Å². The Bertz CT molecular complexity index is 699. The standard InChI is InChI=1S/C18H23NO4/c1-12-7-6-8-13(11-12)18(17(2,3)4,19-16(20)21)14-9-10-15(22-5)23-14/h6-11,19H,1-5H3,(H,20,21). The first-order valence-corrected chi connectivity index (χ1v) is 7.43. The largest absolute Gasteiger partial charge is 0.468 e. The van der Waals surface area contributed by atoms with E-state index in [2.05, 4.69) is 5.32 Å². The zero-order valence-electron chi connectivity index (χ0n) is 14.1. The Kier molecular flexibility index (Phi) is 4.41. The summed E-state index contributed by atoms with van der Waals surface area (Å²) in [5, 5.41) is 12.2. The van der Waals surface area contributed by atoms with Crippen LogP contribution < -0.4 is 10.1 Å². The molecule has 23 heavy (non-hydrogen) atoms. The third-order valence-corrected chi connectivity index (χ3v) is 4.02. The fraction of sp³-hybridized carbons (Fsp3) is 0.389. The number of methoxy groups -OCH3 is 1. The highest BCUT2D eigenvalue weighted by Gasteiger charge is 2.49. The monoisotopic (exact) mass is 317 g/mol. The third kappa shape index (κ3) is 3.04. The van der Waals surface area contributed by atoms with Crippen LogP contribution in [0, 0.1) is 12.3 Å². The quantitative estimate of drug-likeness (QED) is 0.888. The van der Waals surface area contributed by atoms with Crippen LogP contribution >= 0.6 is 0 Å². The van der Waals surface area contributed by atoms with Crippen molar-refractivity contribution in [1.29, 1.82) is 0 Å². The van der Waals surface area contributed by atoms with Gasteiger partial charge in [-0.2, -0.15) is 0 Å². The van der Waals surface area contributed by atoms with E-state index in [0.29, 0.717) is 11.7 Å². The minimum Gasteiger partial charge on any atom is -0.468 e. The topological polar surface area (TPSA) is 71.7 Å². The summed E-state index contributed by atoms with van der Waals surface area (Å²) < 4.78 is 10.9. The number of hydrogen-bond donors (Lipinski definition) is 2. The van der Waals surface area contributed by atoms with Crippen LogP contribution in [0.3, 0.4) is 0 Å². The second-order valence-electron chi connectivity index (χ2n) is 6.62. The van der Waals surface area contributed by atoms with Gasteiger partial charge in [0.1, 0.15) is 11.3 Å². The minimum atomic E-state index is -1.11. The highest BCUT2D eigenvalue weighted by atomic mass is 16.6. The number of hydrogen-bond acceptors (Lipinski definition) is 3. The van der Waals surface area contributed by atoms with Gasteiger partial charge >= 0.3 is 6.09 Å². The van der Waals surface area contributed by atoms with Crippen LogP contribution in [0.25, 0.3) is 0 Å². The Morgan fingerprint density at radius 3 is 2.39 bits per heavy atom. The van der Waals surface area contributed by atoms with Gasteiger partial charge in [-0.25, -0.2) is 4.79 Å². The number of carbonyl (C=O) groups is 1. The van der Waals surface area contributed by atoms with Crippen molar-refractivity contribution < 1.29 is 19.1 Å². The maximum absolute atomic E-state index is 11.6. The lowest BCUT2D eigenvalue weighted by Gasteiger charge is -2.43. The molecule has 0 aliphatic heterocycles. The molecule has 1 unspecified atom stereocenters. The van der Waals surface area contributed by atoms with Crippen LogP contribution in [0.4, 0.5) is 4.79 Å². The van der Waals surface area contributed by atoms with E-state index < -0.39 is 17.0 Å². The molecule has 0 bridgehead atoms. The number of rotatable bonds is 4. The molecule has 0 aliphatic rings. The molecular formula is C18H23NO4. The summed E-state index contributed by atoms with van der Waals surface area (Å²) in [4.78, 5) is 11.6. The Labute approximate surface area is 136 Å². The lowest BCUT2D eigenvalue weighted by molar-refractivity contribution is 0.122. The highest BCUT2D eigenvalue weighted by molar-refractivity contribution is 5.68. The molecule has 5 nitrogen and oxygen atoms in total. The summed E-state index contributed by atoms with van der Waals surface area (Å²) >= 11 is 0. The lowest BCUT2D eigenvalue weighted by atomic mass is 9.67. The van der Waals surface area contributed by atoms with Crippen LogP contribution in [0.15, 0.2) is 40.8 Å². The van der Waals surface area contributed by atoms with Gasteiger partial charge in [0.25, 0.3) is 5.95 Å². The SMILES string of the molecule is COc1ccc(C(NC(=O)O)(c2cccc(C)c2)C(C)(C)C)o1. The Morgan fingerprint density at radius 2 is 1.91 bits per heavy atom. The summed E-state index contributed by atoms with van der Waals surface area (Å²) in [7, 11) is 1.51. The Morgan fingerprint density at radius 1 is 1.22 bits per heavy atom. The molecule has 124 valence electrons. The number of amides is 1. The third-order valence-electron chi connectivity index (χ3n) is 4.02. The second kappa shape index (κ2) is 5.99. The number of benzene rings is 1. The van der Waals surface area contributed by atoms with Crippen molar-refractivity contribution >= 4 is 6.09 Å². The molecule has 5 heteroatoms. The summed E-state index contributed by atoms with van der Waals surface area (Å²) in [5.74, 6) is 0.836. The van der Waals surface area contributed by atoms with E-state index in [1.165, 1.54) is 7.11 Å². The Balaban J connectivity index is 2.77. The van der Waals surface area contributed by atoms with Gasteiger partial charge in [-0.15, -0.1) is 0 Å². The summed E-state index contributed by atoms with van der Waals surface area (Å²) in [5.41, 5.74) is 0.343. The molecule has 1 atom stereocenters. The first-order valence-electron chi connectivity index (χ1n) is 7.43. The number of carboxylic acid groups (broad SMARTS) is 1. The van der Waals surface area contributed by atoms with E-state index in [-0.39, 0.29) is 0 Å². The molecule has 0 fully saturated rings. The molecule has 2 rings (SSSR count). The predicted molar refractivity (Wildman–Crippen MR) is 87.8 cm³/mol. The average molecular weight is 317 g/mol. The van der Waals surface area contributed by atoms with E-state index in [1.807, 2.05) is 52.0 Å². The average Bonchev–Trinajstić information content (AvgIpc) is 2.92. The van der Waals surface area contributed by atoms with E-state index in [4.69, 9.17) is 9.15 Å². The number of furan rings is 1. The van der Waals surface area contributed by atoms with Gasteiger partial charge in [0, 0.05) is 6.07 Å². The van der Waals surface area contributed by atoms with Crippen LogP contribution in [0.2, 0.25) is 0 Å². The predicted octanol–water partition coefficient (Wildman–Crippen LogP) is 4.15. The van der Waals surface area contributed by atoms with E-state index >= 15 is 0 Å². The van der Waals surface area contributed by atoms with E-state index in [9.17, 15) is 9.90 Å². The van der Waals surface area contributed by atoms with Crippen LogP contribution in [-0.4, -0.2) is 18.3 Å². The van der Waals surface area contributed by atoms with E-state index in [0.717, 1.165) is 11.1 Å². The van der Waals surface area contributed by atoms with Crippen molar-refractivity contribution in [3.63, 3.8) is 0 Å². The van der Waals surface area contributed by atoms with Crippen molar-refractivity contribution in [2.75, 3.05) is 7.11 Å². The van der Waals surface area contributed by atoms with Crippen LogP contribution in [0.1, 0.15) is 37.7 Å². The van der Waals surface area contributed by atoms with E-state index in [1.54, 1.807) is 12.1 Å². The maximum Gasteiger partial charge on any atom is 0.405 e. The molecule has 0 saturated carbocycles. The van der Waals surface area contributed by atoms with Gasteiger partial charge in [0.05, 0.1) is 7.11 Å². The summed E-state index contributed by atoms with van der Waals surface area (Å²) in [6.45, 7) is 7.89. The first kappa shape index (κ1) is 16.9. The van der Waals surface area contributed by atoms with Gasteiger partial charge in [0.15, 0.2) is 0 Å². The fourth-order valence-electron chi connectivity index (χ4n) is 2.94. The lowest BCUT2D eigenvalue weighted by Crippen LogP contribution is -2.54. The zero-order valence-corrected chi connectivity index (χ0v) is 14.1. The molecule has 1 aromatic carbocycles. The van der Waals surface area contributed by atoms with Crippen LogP contribution in [-0.2, 0) is 5.54 Å². The molecule has 0 spiro atoms. The van der Waals surface area contributed by atoms with Gasteiger partial charge in [-0.1, -0.05) is 50.6 Å². The van der Waals surface area contributed by atoms with Crippen LogP contribution in [0.5, 0.6) is 5.95 Å².